The van der Waals surface area contributed by atoms with E-state index in [1.165, 1.54) is 5.56 Å². The van der Waals surface area contributed by atoms with Crippen LogP contribution in [0.2, 0.25) is 0 Å². The Morgan fingerprint density at radius 1 is 0.952 bits per heavy atom. The zero-order valence-electron chi connectivity index (χ0n) is 24.9. The van der Waals surface area contributed by atoms with E-state index in [9.17, 15) is 9.59 Å². The number of ketones is 1. The molecule has 1 aliphatic rings. The van der Waals surface area contributed by atoms with Gasteiger partial charge in [-0.15, -0.1) is 0 Å². The molecule has 0 radical (unpaired) electrons. The molecular weight excluding hydrogens is 522 g/mol. The normalized spacial score (nSPS) is 18.2. The molecule has 4 aromatic rings. The van der Waals surface area contributed by atoms with Crippen molar-refractivity contribution < 1.29 is 14.3 Å². The van der Waals surface area contributed by atoms with Crippen molar-refractivity contribution in [3.05, 3.63) is 107 Å². The molecule has 5 rings (SSSR count). The van der Waals surface area contributed by atoms with Crippen LogP contribution in [0.1, 0.15) is 72.1 Å². The number of rotatable bonds is 12. The van der Waals surface area contributed by atoms with Gasteiger partial charge in [-0.1, -0.05) is 79.7 Å². The van der Waals surface area contributed by atoms with Crippen LogP contribution in [-0.4, -0.2) is 41.2 Å². The van der Waals surface area contributed by atoms with Crippen LogP contribution in [0.4, 0.5) is 0 Å². The zero-order chi connectivity index (χ0) is 29.5. The van der Waals surface area contributed by atoms with Crippen molar-refractivity contribution in [1.29, 1.82) is 0 Å². The van der Waals surface area contributed by atoms with Gasteiger partial charge in [-0.2, -0.15) is 5.10 Å². The number of Topliss-reactive ketones (excluding diaryl/α,β-unsaturated/α-hetero) is 1. The molecule has 1 fully saturated rings. The molecule has 6 heteroatoms. The average molecular weight is 564 g/mol. The molecule has 0 aliphatic heterocycles. The van der Waals surface area contributed by atoms with Crippen molar-refractivity contribution in [3.63, 3.8) is 0 Å². The minimum atomic E-state index is 0.000522. The van der Waals surface area contributed by atoms with Crippen molar-refractivity contribution in [1.82, 2.24) is 15.1 Å². The number of carbonyl (C=O) groups excluding carboxylic acids is 2. The molecule has 1 amide bonds. The third-order valence-electron chi connectivity index (χ3n) is 8.49. The molecular formula is C36H41N3O3. The summed E-state index contributed by atoms with van der Waals surface area (Å²) < 4.78 is 7.26. The lowest BCUT2D eigenvalue weighted by Gasteiger charge is -2.21. The van der Waals surface area contributed by atoms with Crippen molar-refractivity contribution in [3.8, 4) is 16.9 Å². The number of nitrogens with one attached hydrogen (secondary N) is 1. The second-order valence-corrected chi connectivity index (χ2v) is 11.4. The number of nitrogens with zero attached hydrogens (tertiary/aromatic N) is 2. The fourth-order valence-electron chi connectivity index (χ4n) is 6.28. The quantitative estimate of drug-likeness (QED) is 0.187. The molecule has 1 saturated carbocycles. The zero-order valence-corrected chi connectivity index (χ0v) is 24.9. The van der Waals surface area contributed by atoms with Gasteiger partial charge >= 0.3 is 0 Å². The average Bonchev–Trinajstić information content (AvgIpc) is 3.57. The van der Waals surface area contributed by atoms with E-state index in [2.05, 4.69) is 29.6 Å². The molecule has 0 spiro atoms. The molecule has 1 aliphatic carbocycles. The summed E-state index contributed by atoms with van der Waals surface area (Å²) in [6.07, 6.45) is 4.58. The third kappa shape index (κ3) is 6.71. The van der Waals surface area contributed by atoms with Crippen LogP contribution in [-0.2, 0) is 16.0 Å². The summed E-state index contributed by atoms with van der Waals surface area (Å²) in [5, 5.41) is 8.40. The number of hydrogen-bond donors (Lipinski definition) is 1. The van der Waals surface area contributed by atoms with Gasteiger partial charge in [0, 0.05) is 43.2 Å². The molecule has 1 N–H and O–H groups in total. The van der Waals surface area contributed by atoms with Gasteiger partial charge in [0.15, 0.2) is 5.78 Å². The maximum absolute atomic E-state index is 13.7. The highest BCUT2D eigenvalue weighted by atomic mass is 16.5. The number of amides is 1. The van der Waals surface area contributed by atoms with Gasteiger partial charge in [-0.05, 0) is 61.8 Å². The number of hydrogen-bond acceptors (Lipinski definition) is 4. The lowest BCUT2D eigenvalue weighted by atomic mass is 9.93. The predicted molar refractivity (Wildman–Crippen MR) is 167 cm³/mol. The number of ether oxygens (including phenoxy) is 1. The maximum atomic E-state index is 13.7. The second kappa shape index (κ2) is 13.8. The highest BCUT2D eigenvalue weighted by molar-refractivity contribution is 5.96. The topological polar surface area (TPSA) is 73.2 Å². The summed E-state index contributed by atoms with van der Waals surface area (Å²) in [7, 11) is 1.75. The number of aromatic nitrogens is 2. The van der Waals surface area contributed by atoms with E-state index in [1.54, 1.807) is 7.11 Å². The van der Waals surface area contributed by atoms with Gasteiger partial charge in [0.2, 0.25) is 5.91 Å². The smallest absolute Gasteiger partial charge is 0.226 e. The fraction of sp³-hybridized carbons (Fsp3) is 0.361. The molecule has 0 saturated heterocycles. The minimum absolute atomic E-state index is 0.000522. The summed E-state index contributed by atoms with van der Waals surface area (Å²) >= 11 is 0. The Labute approximate surface area is 249 Å². The van der Waals surface area contributed by atoms with Crippen LogP contribution in [0.3, 0.4) is 0 Å². The van der Waals surface area contributed by atoms with Gasteiger partial charge in [-0.3, -0.25) is 9.59 Å². The Balaban J connectivity index is 1.41. The molecule has 1 heterocycles. The second-order valence-electron chi connectivity index (χ2n) is 11.4. The van der Waals surface area contributed by atoms with E-state index in [-0.39, 0.29) is 30.1 Å². The van der Waals surface area contributed by atoms with Crippen LogP contribution in [0, 0.1) is 12.8 Å². The van der Waals surface area contributed by atoms with Crippen LogP contribution >= 0.6 is 0 Å². The number of benzene rings is 3. The Bertz CT molecular complexity index is 1480. The van der Waals surface area contributed by atoms with E-state index in [0.717, 1.165) is 60.5 Å². The SMILES string of the molecule is CCCC(=O)c1ccc(-c2nn(-c3ccccc3)c(CC(=O)N[C@@H]3C[C@@H](CCOC)C[C@H]3c3ccccc3)c2C)cc1. The van der Waals surface area contributed by atoms with Crippen molar-refractivity contribution in [2.24, 2.45) is 5.92 Å². The summed E-state index contributed by atoms with van der Waals surface area (Å²) in [5.41, 5.74) is 6.48. The fourth-order valence-corrected chi connectivity index (χ4v) is 6.28. The Hall–Kier alpha value is -4.03. The monoisotopic (exact) mass is 563 g/mol. The molecule has 0 bridgehead atoms. The van der Waals surface area contributed by atoms with E-state index < -0.39 is 0 Å². The summed E-state index contributed by atoms with van der Waals surface area (Å²) in [4.78, 5) is 26.1. The molecule has 3 aromatic carbocycles. The van der Waals surface area contributed by atoms with E-state index in [0.29, 0.717) is 17.9 Å². The highest BCUT2D eigenvalue weighted by Gasteiger charge is 2.36. The third-order valence-corrected chi connectivity index (χ3v) is 8.49. The molecule has 1 aromatic heterocycles. The first kappa shape index (κ1) is 29.5. The van der Waals surface area contributed by atoms with E-state index >= 15 is 0 Å². The Morgan fingerprint density at radius 2 is 1.64 bits per heavy atom. The van der Waals surface area contributed by atoms with Crippen molar-refractivity contribution in [2.75, 3.05) is 13.7 Å². The molecule has 218 valence electrons. The largest absolute Gasteiger partial charge is 0.385 e. The first-order valence-electron chi connectivity index (χ1n) is 15.1. The van der Waals surface area contributed by atoms with Gasteiger partial charge in [0.1, 0.15) is 0 Å². The van der Waals surface area contributed by atoms with Crippen LogP contribution in [0.15, 0.2) is 84.9 Å². The summed E-state index contributed by atoms with van der Waals surface area (Å²) in [6.45, 7) is 4.78. The predicted octanol–water partition coefficient (Wildman–Crippen LogP) is 7.09. The van der Waals surface area contributed by atoms with Crippen molar-refractivity contribution >= 4 is 11.7 Å². The molecule has 0 unspecified atom stereocenters. The van der Waals surface area contributed by atoms with Crippen LogP contribution < -0.4 is 5.32 Å². The van der Waals surface area contributed by atoms with E-state index in [4.69, 9.17) is 9.84 Å². The van der Waals surface area contributed by atoms with E-state index in [1.807, 2.05) is 79.2 Å². The van der Waals surface area contributed by atoms with Crippen LogP contribution in [0.25, 0.3) is 16.9 Å². The minimum Gasteiger partial charge on any atom is -0.385 e. The number of para-hydroxylation sites is 1. The molecule has 42 heavy (non-hydrogen) atoms. The number of methoxy groups -OCH3 is 1. The molecule has 3 atom stereocenters. The first-order chi connectivity index (χ1) is 20.5. The van der Waals surface area contributed by atoms with Gasteiger partial charge in [-0.25, -0.2) is 4.68 Å². The number of carbonyl (C=O) groups is 2. The Morgan fingerprint density at radius 3 is 2.31 bits per heavy atom. The lowest BCUT2D eigenvalue weighted by Crippen LogP contribution is -2.38. The lowest BCUT2D eigenvalue weighted by molar-refractivity contribution is -0.121. The maximum Gasteiger partial charge on any atom is 0.226 e. The Kier molecular flexibility index (Phi) is 9.65. The van der Waals surface area contributed by atoms with Crippen LogP contribution in [0.5, 0.6) is 0 Å². The van der Waals surface area contributed by atoms with Crippen molar-refractivity contribution in [2.45, 2.75) is 64.3 Å². The summed E-state index contributed by atoms with van der Waals surface area (Å²) in [6, 6.07) is 28.2. The summed E-state index contributed by atoms with van der Waals surface area (Å²) in [5.74, 6) is 0.941. The highest BCUT2D eigenvalue weighted by Crippen LogP contribution is 2.40. The molecule has 6 nitrogen and oxygen atoms in total. The standard InChI is InChI=1S/C36H41N3O3/c1-4-11-34(40)28-16-18-29(19-17-28)36-25(2)33(39(38-36)30-14-9-6-10-15-30)24-35(41)37-32-23-26(20-21-42-3)22-31(32)27-12-7-5-8-13-27/h5-10,12-19,26,31-32H,4,11,20-24H2,1-3H3,(H,37,41)/t26-,31-,32+/m0/s1. The van der Waals surface area contributed by atoms with Gasteiger partial charge < -0.3 is 10.1 Å². The van der Waals surface area contributed by atoms with Gasteiger partial charge in [0.25, 0.3) is 0 Å². The first-order valence-corrected chi connectivity index (χ1v) is 15.1. The van der Waals surface area contributed by atoms with Gasteiger partial charge in [0.05, 0.1) is 23.5 Å².